The van der Waals surface area contributed by atoms with Gasteiger partial charge in [-0.2, -0.15) is 5.26 Å². The van der Waals surface area contributed by atoms with Crippen LogP contribution >= 0.6 is 0 Å². The van der Waals surface area contributed by atoms with Crippen LogP contribution in [0.2, 0.25) is 0 Å². The Morgan fingerprint density at radius 2 is 2.05 bits per heavy atom. The first-order chi connectivity index (χ1) is 9.52. The van der Waals surface area contributed by atoms with E-state index in [1.807, 2.05) is 26.0 Å². The molecule has 108 valence electrons. The molecule has 0 saturated heterocycles. The highest BCUT2D eigenvalue weighted by Crippen LogP contribution is 2.30. The van der Waals surface area contributed by atoms with Gasteiger partial charge in [-0.1, -0.05) is 18.2 Å². The Balaban J connectivity index is 1.89. The van der Waals surface area contributed by atoms with Crippen molar-refractivity contribution in [2.45, 2.75) is 52.1 Å². The Kier molecular flexibility index (Phi) is 4.67. The average molecular weight is 271 g/mol. The summed E-state index contributed by atoms with van der Waals surface area (Å²) < 4.78 is 0. The van der Waals surface area contributed by atoms with Crippen molar-refractivity contribution >= 4 is 5.69 Å². The highest BCUT2D eigenvalue weighted by Gasteiger charge is 2.29. The summed E-state index contributed by atoms with van der Waals surface area (Å²) in [6.07, 6.45) is 4.63. The molecule has 0 unspecified atom stereocenters. The second kappa shape index (κ2) is 6.28. The van der Waals surface area contributed by atoms with Gasteiger partial charge in [0.2, 0.25) is 0 Å². The molecular weight excluding hydrogens is 246 g/mol. The van der Waals surface area contributed by atoms with E-state index in [4.69, 9.17) is 11.0 Å². The van der Waals surface area contributed by atoms with E-state index in [0.29, 0.717) is 0 Å². The zero-order valence-electron chi connectivity index (χ0n) is 12.6. The third-order valence-corrected chi connectivity index (χ3v) is 4.04. The smallest absolute Gasteiger partial charge is 0.0683 e. The number of hydrogen-bond donors (Lipinski definition) is 1. The number of nitrogens with two attached hydrogens (primary N) is 1. The average Bonchev–Trinajstić information content (AvgIpc) is 3.24. The maximum atomic E-state index is 9.07. The molecule has 0 spiro atoms. The van der Waals surface area contributed by atoms with Crippen LogP contribution in [0.25, 0.3) is 0 Å². The van der Waals surface area contributed by atoms with Gasteiger partial charge in [-0.15, -0.1) is 0 Å². The Morgan fingerprint density at radius 1 is 1.35 bits per heavy atom. The SMILES string of the molecule is CC(C)(C#N)CCCN(Cc1ccccc1N)C1CC1. The summed E-state index contributed by atoms with van der Waals surface area (Å²) in [6, 6.07) is 11.2. The van der Waals surface area contributed by atoms with E-state index in [1.54, 1.807) is 0 Å². The summed E-state index contributed by atoms with van der Waals surface area (Å²) in [6.45, 7) is 6.03. The normalized spacial score (nSPS) is 15.3. The van der Waals surface area contributed by atoms with Crippen molar-refractivity contribution in [3.8, 4) is 6.07 Å². The highest BCUT2D eigenvalue weighted by atomic mass is 15.2. The van der Waals surface area contributed by atoms with Gasteiger partial charge in [0.1, 0.15) is 0 Å². The molecule has 1 aliphatic carbocycles. The van der Waals surface area contributed by atoms with Gasteiger partial charge in [-0.05, 0) is 57.7 Å². The Bertz CT molecular complexity index is 483. The van der Waals surface area contributed by atoms with Crippen LogP contribution in [0.3, 0.4) is 0 Å². The monoisotopic (exact) mass is 271 g/mol. The topological polar surface area (TPSA) is 53.0 Å². The number of hydrogen-bond acceptors (Lipinski definition) is 3. The molecule has 0 bridgehead atoms. The van der Waals surface area contributed by atoms with E-state index in [-0.39, 0.29) is 5.41 Å². The first-order valence-electron chi connectivity index (χ1n) is 7.50. The maximum absolute atomic E-state index is 9.07. The summed E-state index contributed by atoms with van der Waals surface area (Å²) in [4.78, 5) is 2.53. The van der Waals surface area contributed by atoms with E-state index in [1.165, 1.54) is 18.4 Å². The van der Waals surface area contributed by atoms with Crippen LogP contribution in [-0.2, 0) is 6.54 Å². The summed E-state index contributed by atoms with van der Waals surface area (Å²) in [5, 5.41) is 9.07. The molecule has 0 heterocycles. The molecule has 0 amide bonds. The van der Waals surface area contributed by atoms with Gasteiger partial charge in [0, 0.05) is 18.3 Å². The summed E-state index contributed by atoms with van der Waals surface area (Å²) in [5.41, 5.74) is 7.94. The largest absolute Gasteiger partial charge is 0.398 e. The Morgan fingerprint density at radius 3 is 2.65 bits per heavy atom. The number of nitrogens with zero attached hydrogens (tertiary/aromatic N) is 2. The molecule has 2 rings (SSSR count). The Hall–Kier alpha value is -1.53. The van der Waals surface area contributed by atoms with Crippen molar-refractivity contribution in [2.75, 3.05) is 12.3 Å². The van der Waals surface area contributed by atoms with E-state index in [9.17, 15) is 0 Å². The molecule has 0 radical (unpaired) electrons. The van der Waals surface area contributed by atoms with Crippen LogP contribution in [0.1, 0.15) is 45.1 Å². The highest BCUT2D eigenvalue weighted by molar-refractivity contribution is 5.46. The van der Waals surface area contributed by atoms with Crippen LogP contribution < -0.4 is 5.73 Å². The third-order valence-electron chi connectivity index (χ3n) is 4.04. The molecule has 1 aromatic carbocycles. The number of nitriles is 1. The lowest BCUT2D eigenvalue weighted by atomic mass is 9.90. The molecule has 2 N–H and O–H groups in total. The van der Waals surface area contributed by atoms with E-state index >= 15 is 0 Å². The molecule has 0 aliphatic heterocycles. The van der Waals surface area contributed by atoms with Crippen molar-refractivity contribution in [3.05, 3.63) is 29.8 Å². The van der Waals surface area contributed by atoms with Gasteiger partial charge >= 0.3 is 0 Å². The van der Waals surface area contributed by atoms with Crippen molar-refractivity contribution in [3.63, 3.8) is 0 Å². The molecule has 1 aromatic rings. The lowest BCUT2D eigenvalue weighted by Gasteiger charge is -2.24. The molecule has 1 saturated carbocycles. The molecule has 3 heteroatoms. The predicted octanol–water partition coefficient (Wildman–Crippen LogP) is 3.56. The van der Waals surface area contributed by atoms with Gasteiger partial charge in [-0.25, -0.2) is 0 Å². The predicted molar refractivity (Wildman–Crippen MR) is 82.9 cm³/mol. The van der Waals surface area contributed by atoms with Crippen LogP contribution in [0.5, 0.6) is 0 Å². The number of para-hydroxylation sites is 1. The van der Waals surface area contributed by atoms with Gasteiger partial charge in [0.05, 0.1) is 11.5 Å². The number of anilines is 1. The molecular formula is C17H25N3. The molecule has 3 nitrogen and oxygen atoms in total. The second-order valence-corrected chi connectivity index (χ2v) is 6.50. The zero-order valence-corrected chi connectivity index (χ0v) is 12.6. The fourth-order valence-electron chi connectivity index (χ4n) is 2.51. The molecule has 0 aromatic heterocycles. The number of rotatable bonds is 7. The van der Waals surface area contributed by atoms with Gasteiger partial charge in [0.25, 0.3) is 0 Å². The fourth-order valence-corrected chi connectivity index (χ4v) is 2.51. The van der Waals surface area contributed by atoms with Crippen LogP contribution in [0.15, 0.2) is 24.3 Å². The van der Waals surface area contributed by atoms with Crippen molar-refractivity contribution in [2.24, 2.45) is 5.41 Å². The lowest BCUT2D eigenvalue weighted by molar-refractivity contribution is 0.239. The van der Waals surface area contributed by atoms with Crippen LogP contribution in [0.4, 0.5) is 5.69 Å². The van der Waals surface area contributed by atoms with E-state index < -0.39 is 0 Å². The van der Waals surface area contributed by atoms with Gasteiger partial charge < -0.3 is 5.73 Å². The molecule has 20 heavy (non-hydrogen) atoms. The molecule has 1 fully saturated rings. The quantitative estimate of drug-likeness (QED) is 0.771. The van der Waals surface area contributed by atoms with E-state index in [2.05, 4.69) is 23.1 Å². The lowest BCUT2D eigenvalue weighted by Crippen LogP contribution is -2.28. The van der Waals surface area contributed by atoms with Crippen molar-refractivity contribution in [1.82, 2.24) is 4.90 Å². The zero-order chi connectivity index (χ0) is 14.6. The first kappa shape index (κ1) is 14.9. The molecule has 0 atom stereocenters. The van der Waals surface area contributed by atoms with Crippen molar-refractivity contribution in [1.29, 1.82) is 5.26 Å². The maximum Gasteiger partial charge on any atom is 0.0683 e. The second-order valence-electron chi connectivity index (χ2n) is 6.50. The summed E-state index contributed by atoms with van der Waals surface area (Å²) in [5.74, 6) is 0. The van der Waals surface area contributed by atoms with Gasteiger partial charge in [0.15, 0.2) is 0 Å². The summed E-state index contributed by atoms with van der Waals surface area (Å²) in [7, 11) is 0. The Labute approximate surface area is 122 Å². The minimum absolute atomic E-state index is 0.207. The van der Waals surface area contributed by atoms with Crippen LogP contribution in [0, 0.1) is 16.7 Å². The first-order valence-corrected chi connectivity index (χ1v) is 7.50. The molecule has 1 aliphatic rings. The minimum Gasteiger partial charge on any atom is -0.398 e. The van der Waals surface area contributed by atoms with E-state index in [0.717, 1.165) is 37.7 Å². The van der Waals surface area contributed by atoms with Crippen LogP contribution in [-0.4, -0.2) is 17.5 Å². The summed E-state index contributed by atoms with van der Waals surface area (Å²) >= 11 is 0. The minimum atomic E-state index is -0.207. The van der Waals surface area contributed by atoms with Gasteiger partial charge in [-0.3, -0.25) is 4.90 Å². The number of nitrogen functional groups attached to an aromatic ring is 1. The number of benzene rings is 1. The fraction of sp³-hybridized carbons (Fsp3) is 0.588. The van der Waals surface area contributed by atoms with Crippen molar-refractivity contribution < 1.29 is 0 Å². The standard InChI is InChI=1S/C17H25N3/c1-17(2,13-18)10-5-11-20(15-8-9-15)12-14-6-3-4-7-16(14)19/h3-4,6-7,15H,5,8-12,19H2,1-2H3. The third kappa shape index (κ3) is 4.25.